The number of aromatic nitrogens is 3. The standard InChI is InChI=1S/C24H30N6O/c1-27(18-20-7-6-10-25-17-20)19-22(31)29-13-15-30(16-14-29)23(21-8-4-3-5-9-21)24-26-11-12-28(24)2/h3-12,17,23H,13-16,18-19H2,1-2H3/t23-/m0/s1. The predicted octanol–water partition coefficient (Wildman–Crippen LogP) is 2.18. The normalized spacial score (nSPS) is 15.9. The lowest BCUT2D eigenvalue weighted by atomic mass is 10.0. The number of aryl methyl sites for hydroxylation is 1. The molecule has 1 amide bonds. The van der Waals surface area contributed by atoms with Gasteiger partial charge in [0.1, 0.15) is 5.82 Å². The molecule has 0 saturated carbocycles. The predicted molar refractivity (Wildman–Crippen MR) is 120 cm³/mol. The number of rotatable bonds is 7. The van der Waals surface area contributed by atoms with Gasteiger partial charge in [0.25, 0.3) is 0 Å². The Morgan fingerprint density at radius 2 is 1.84 bits per heavy atom. The second-order valence-electron chi connectivity index (χ2n) is 8.16. The molecule has 0 N–H and O–H groups in total. The smallest absolute Gasteiger partial charge is 0.236 e. The molecule has 1 aliphatic heterocycles. The zero-order valence-electron chi connectivity index (χ0n) is 18.3. The fraction of sp³-hybridized carbons (Fsp3) is 0.375. The molecular formula is C24H30N6O. The number of carbonyl (C=O) groups excluding carboxylic acids is 1. The highest BCUT2D eigenvalue weighted by molar-refractivity contribution is 5.78. The van der Waals surface area contributed by atoms with Crippen molar-refractivity contribution in [1.29, 1.82) is 0 Å². The number of imidazole rings is 1. The summed E-state index contributed by atoms with van der Waals surface area (Å²) in [7, 11) is 4.02. The quantitative estimate of drug-likeness (QED) is 0.589. The first-order chi connectivity index (χ1) is 15.1. The minimum absolute atomic E-state index is 0.0895. The number of pyridine rings is 1. The minimum Gasteiger partial charge on any atom is -0.339 e. The number of piperazine rings is 1. The summed E-state index contributed by atoms with van der Waals surface area (Å²) in [6.45, 7) is 4.24. The third kappa shape index (κ3) is 5.18. The monoisotopic (exact) mass is 418 g/mol. The summed E-state index contributed by atoms with van der Waals surface area (Å²) in [6, 6.07) is 14.5. The van der Waals surface area contributed by atoms with Crippen molar-refractivity contribution in [3.05, 3.63) is 84.2 Å². The molecule has 7 nitrogen and oxygen atoms in total. The average Bonchev–Trinajstić information content (AvgIpc) is 3.21. The summed E-state index contributed by atoms with van der Waals surface area (Å²) in [5.74, 6) is 1.21. The van der Waals surface area contributed by atoms with E-state index in [0.717, 1.165) is 44.1 Å². The average molecular weight is 419 g/mol. The van der Waals surface area contributed by atoms with Crippen molar-refractivity contribution >= 4 is 5.91 Å². The van der Waals surface area contributed by atoms with E-state index in [1.807, 2.05) is 60.7 Å². The van der Waals surface area contributed by atoms with E-state index in [4.69, 9.17) is 0 Å². The molecule has 0 bridgehead atoms. The summed E-state index contributed by atoms with van der Waals surface area (Å²) in [5, 5.41) is 0. The molecule has 7 heteroatoms. The number of likely N-dealkylation sites (N-methyl/N-ethyl adjacent to an activating group) is 1. The molecule has 1 fully saturated rings. The van der Waals surface area contributed by atoms with Crippen molar-refractivity contribution in [2.75, 3.05) is 39.8 Å². The number of amides is 1. The van der Waals surface area contributed by atoms with E-state index in [1.165, 1.54) is 5.56 Å². The van der Waals surface area contributed by atoms with Crippen molar-refractivity contribution in [2.45, 2.75) is 12.6 Å². The number of hydrogen-bond donors (Lipinski definition) is 0. The number of benzene rings is 1. The first kappa shape index (κ1) is 21.2. The SMILES string of the molecule is CN(CC(=O)N1CCN([C@@H](c2ccccc2)c2nccn2C)CC1)Cc1cccnc1. The Morgan fingerprint density at radius 1 is 1.06 bits per heavy atom. The van der Waals surface area contributed by atoms with Gasteiger partial charge in [-0.3, -0.25) is 19.6 Å². The molecule has 1 saturated heterocycles. The first-order valence-corrected chi connectivity index (χ1v) is 10.7. The molecule has 3 aromatic rings. The number of carbonyl (C=O) groups is 1. The van der Waals surface area contributed by atoms with Crippen LogP contribution in [0.1, 0.15) is 23.0 Å². The van der Waals surface area contributed by atoms with Crippen LogP contribution in [0.25, 0.3) is 0 Å². The van der Waals surface area contributed by atoms with Crippen LogP contribution in [0.15, 0.2) is 67.3 Å². The lowest BCUT2D eigenvalue weighted by molar-refractivity contribution is -0.134. The van der Waals surface area contributed by atoms with Crippen molar-refractivity contribution in [1.82, 2.24) is 29.2 Å². The number of nitrogens with zero attached hydrogens (tertiary/aromatic N) is 6. The maximum Gasteiger partial charge on any atom is 0.236 e. The fourth-order valence-corrected chi connectivity index (χ4v) is 4.22. The van der Waals surface area contributed by atoms with Crippen LogP contribution >= 0.6 is 0 Å². The molecule has 3 heterocycles. The summed E-state index contributed by atoms with van der Waals surface area (Å²) in [4.78, 5) is 28.1. The molecule has 0 aliphatic carbocycles. The Kier molecular flexibility index (Phi) is 6.74. The van der Waals surface area contributed by atoms with E-state index in [0.29, 0.717) is 6.54 Å². The Labute approximate surface area is 183 Å². The summed E-state index contributed by atoms with van der Waals surface area (Å²) < 4.78 is 2.09. The lowest BCUT2D eigenvalue weighted by Crippen LogP contribution is -2.52. The molecule has 1 aliphatic rings. The van der Waals surface area contributed by atoms with Gasteiger partial charge in [-0.15, -0.1) is 0 Å². The molecule has 1 atom stereocenters. The van der Waals surface area contributed by atoms with E-state index in [2.05, 4.69) is 43.7 Å². The van der Waals surface area contributed by atoms with Crippen LogP contribution in [0.2, 0.25) is 0 Å². The van der Waals surface area contributed by atoms with Gasteiger partial charge in [-0.05, 0) is 24.2 Å². The highest BCUT2D eigenvalue weighted by Gasteiger charge is 2.30. The van der Waals surface area contributed by atoms with E-state index in [-0.39, 0.29) is 11.9 Å². The Bertz CT molecular complexity index is 966. The molecule has 1 aromatic carbocycles. The molecule has 0 unspecified atom stereocenters. The van der Waals surface area contributed by atoms with Crippen molar-refractivity contribution in [2.24, 2.45) is 7.05 Å². The third-order valence-corrected chi connectivity index (χ3v) is 5.83. The van der Waals surface area contributed by atoms with Crippen LogP contribution in [-0.2, 0) is 18.4 Å². The first-order valence-electron chi connectivity index (χ1n) is 10.7. The summed E-state index contributed by atoms with van der Waals surface area (Å²) in [5.41, 5.74) is 2.34. The highest BCUT2D eigenvalue weighted by Crippen LogP contribution is 2.28. The van der Waals surface area contributed by atoms with Gasteiger partial charge in [0.05, 0.1) is 12.6 Å². The van der Waals surface area contributed by atoms with Crippen molar-refractivity contribution < 1.29 is 4.79 Å². The molecule has 31 heavy (non-hydrogen) atoms. The zero-order valence-corrected chi connectivity index (χ0v) is 18.3. The second-order valence-corrected chi connectivity index (χ2v) is 8.16. The van der Waals surface area contributed by atoms with Crippen LogP contribution in [0.5, 0.6) is 0 Å². The molecule has 162 valence electrons. The zero-order chi connectivity index (χ0) is 21.6. The van der Waals surface area contributed by atoms with Crippen LogP contribution in [0, 0.1) is 0 Å². The maximum absolute atomic E-state index is 12.9. The minimum atomic E-state index is 0.0895. The molecule has 4 rings (SSSR count). The second kappa shape index (κ2) is 9.85. The van der Waals surface area contributed by atoms with Gasteiger partial charge in [0, 0.05) is 64.6 Å². The van der Waals surface area contributed by atoms with Gasteiger partial charge in [-0.25, -0.2) is 4.98 Å². The lowest BCUT2D eigenvalue weighted by Gasteiger charge is -2.39. The molecular weight excluding hydrogens is 388 g/mol. The van der Waals surface area contributed by atoms with Crippen LogP contribution in [0.3, 0.4) is 0 Å². The van der Waals surface area contributed by atoms with Crippen LogP contribution < -0.4 is 0 Å². The Hall–Kier alpha value is -3.03. The maximum atomic E-state index is 12.9. The summed E-state index contributed by atoms with van der Waals surface area (Å²) in [6.07, 6.45) is 7.45. The van der Waals surface area contributed by atoms with Crippen LogP contribution in [-0.4, -0.2) is 74.9 Å². The molecule has 0 spiro atoms. The van der Waals surface area contributed by atoms with Gasteiger partial charge in [0.2, 0.25) is 5.91 Å². The summed E-state index contributed by atoms with van der Waals surface area (Å²) >= 11 is 0. The van der Waals surface area contributed by atoms with Crippen LogP contribution in [0.4, 0.5) is 0 Å². The Balaban J connectivity index is 1.37. The fourth-order valence-electron chi connectivity index (χ4n) is 4.22. The topological polar surface area (TPSA) is 57.5 Å². The molecule has 0 radical (unpaired) electrons. The Morgan fingerprint density at radius 3 is 2.48 bits per heavy atom. The van der Waals surface area contributed by atoms with Crippen molar-refractivity contribution in [3.8, 4) is 0 Å². The van der Waals surface area contributed by atoms with Gasteiger partial charge < -0.3 is 9.47 Å². The highest BCUT2D eigenvalue weighted by atomic mass is 16.2. The van der Waals surface area contributed by atoms with E-state index in [9.17, 15) is 4.79 Å². The van der Waals surface area contributed by atoms with E-state index >= 15 is 0 Å². The third-order valence-electron chi connectivity index (χ3n) is 5.83. The largest absolute Gasteiger partial charge is 0.339 e. The number of hydrogen-bond acceptors (Lipinski definition) is 5. The van der Waals surface area contributed by atoms with Gasteiger partial charge in [0.15, 0.2) is 0 Å². The van der Waals surface area contributed by atoms with Gasteiger partial charge in [-0.1, -0.05) is 36.4 Å². The van der Waals surface area contributed by atoms with Gasteiger partial charge >= 0.3 is 0 Å². The van der Waals surface area contributed by atoms with E-state index in [1.54, 1.807) is 6.20 Å². The van der Waals surface area contributed by atoms with E-state index < -0.39 is 0 Å². The van der Waals surface area contributed by atoms with Crippen molar-refractivity contribution in [3.63, 3.8) is 0 Å². The van der Waals surface area contributed by atoms with Gasteiger partial charge in [-0.2, -0.15) is 0 Å². The molecule has 2 aromatic heterocycles.